The van der Waals surface area contributed by atoms with Crippen molar-refractivity contribution >= 4 is 27.7 Å². The minimum Gasteiger partial charge on any atom is -0.396 e. The standard InChI is InChI=1S/C28H28N2O3/c1-3-33-16(2)17-9-10-23-20(13-17)25-22-15-29-28(32)26(22)24-19-8-5-4-7-18(19)14-21(24)27(25)30(23)11-6-12-31/h4-5,7-10,13,16,31H,3,6,11-12,14-15H2,1-2H3,(H,29,32)/t16-/m1/s1. The van der Waals surface area contributed by atoms with Crippen LogP contribution in [0.2, 0.25) is 0 Å². The lowest BCUT2D eigenvalue weighted by Gasteiger charge is -2.13. The van der Waals surface area contributed by atoms with Gasteiger partial charge in [-0.2, -0.15) is 0 Å². The summed E-state index contributed by atoms with van der Waals surface area (Å²) in [6.07, 6.45) is 1.51. The van der Waals surface area contributed by atoms with Crippen LogP contribution in [0.1, 0.15) is 59.0 Å². The van der Waals surface area contributed by atoms with Crippen LogP contribution in [0.4, 0.5) is 0 Å². The maximum Gasteiger partial charge on any atom is 0.252 e. The van der Waals surface area contributed by atoms with E-state index in [-0.39, 0.29) is 18.6 Å². The number of amides is 1. The molecule has 2 aliphatic rings. The number of hydrogen-bond acceptors (Lipinski definition) is 3. The molecular weight excluding hydrogens is 412 g/mol. The van der Waals surface area contributed by atoms with E-state index in [1.165, 1.54) is 33.0 Å². The number of nitrogens with one attached hydrogen (secondary N) is 1. The molecule has 168 valence electrons. The third-order valence-electron chi connectivity index (χ3n) is 7.26. The summed E-state index contributed by atoms with van der Waals surface area (Å²) in [4.78, 5) is 13.1. The largest absolute Gasteiger partial charge is 0.396 e. The number of hydrogen-bond donors (Lipinski definition) is 2. The van der Waals surface area contributed by atoms with Crippen molar-refractivity contribution in [2.45, 2.75) is 45.9 Å². The molecule has 0 unspecified atom stereocenters. The molecule has 0 saturated carbocycles. The summed E-state index contributed by atoms with van der Waals surface area (Å²) in [7, 11) is 0. The summed E-state index contributed by atoms with van der Waals surface area (Å²) in [6, 6.07) is 15.0. The van der Waals surface area contributed by atoms with Gasteiger partial charge in [0.2, 0.25) is 0 Å². The molecule has 0 fully saturated rings. The molecule has 0 bridgehead atoms. The number of ether oxygens (including phenoxy) is 1. The second-order valence-electron chi connectivity index (χ2n) is 9.05. The van der Waals surface area contributed by atoms with Crippen LogP contribution in [0.5, 0.6) is 0 Å². The molecule has 0 saturated heterocycles. The Balaban J connectivity index is 1.74. The first kappa shape index (κ1) is 20.5. The van der Waals surface area contributed by atoms with E-state index in [0.29, 0.717) is 19.6 Å². The van der Waals surface area contributed by atoms with E-state index >= 15 is 0 Å². The van der Waals surface area contributed by atoms with E-state index in [2.05, 4.69) is 59.3 Å². The number of aliphatic hydroxyl groups excluding tert-OH is 1. The molecule has 1 atom stereocenters. The van der Waals surface area contributed by atoms with E-state index < -0.39 is 0 Å². The maximum absolute atomic E-state index is 13.1. The van der Waals surface area contributed by atoms with E-state index in [0.717, 1.165) is 40.7 Å². The van der Waals surface area contributed by atoms with Crippen molar-refractivity contribution in [3.05, 3.63) is 70.3 Å². The van der Waals surface area contributed by atoms with Crippen LogP contribution < -0.4 is 5.32 Å². The molecule has 1 aliphatic heterocycles. The lowest BCUT2D eigenvalue weighted by molar-refractivity contribution is 0.0765. The Morgan fingerprint density at radius 3 is 2.82 bits per heavy atom. The highest BCUT2D eigenvalue weighted by Crippen LogP contribution is 2.48. The summed E-state index contributed by atoms with van der Waals surface area (Å²) >= 11 is 0. The second-order valence-corrected chi connectivity index (χ2v) is 9.05. The summed E-state index contributed by atoms with van der Waals surface area (Å²) < 4.78 is 8.25. The molecular formula is C28H28N2O3. The highest BCUT2D eigenvalue weighted by molar-refractivity contribution is 6.20. The van der Waals surface area contributed by atoms with Gasteiger partial charge in [0.25, 0.3) is 5.91 Å². The van der Waals surface area contributed by atoms with Crippen LogP contribution in [0.3, 0.4) is 0 Å². The van der Waals surface area contributed by atoms with Crippen LogP contribution in [0.25, 0.3) is 32.9 Å². The smallest absolute Gasteiger partial charge is 0.252 e. The lowest BCUT2D eigenvalue weighted by atomic mass is 9.91. The number of fused-ring (bicyclic) bond motifs is 10. The van der Waals surface area contributed by atoms with E-state index in [1.54, 1.807) is 0 Å². The van der Waals surface area contributed by atoms with Gasteiger partial charge in [0, 0.05) is 54.6 Å². The zero-order valence-corrected chi connectivity index (χ0v) is 19.1. The van der Waals surface area contributed by atoms with Gasteiger partial charge in [-0.1, -0.05) is 30.3 Å². The van der Waals surface area contributed by atoms with Gasteiger partial charge in [0.1, 0.15) is 0 Å². The number of benzene rings is 3. The van der Waals surface area contributed by atoms with Crippen molar-refractivity contribution in [1.82, 2.24) is 9.88 Å². The minimum absolute atomic E-state index is 0.00160. The molecule has 5 heteroatoms. The number of aryl methyl sites for hydroxylation is 1. The van der Waals surface area contributed by atoms with Gasteiger partial charge in [0.15, 0.2) is 0 Å². The van der Waals surface area contributed by atoms with Crippen LogP contribution in [-0.4, -0.2) is 28.8 Å². The molecule has 1 aromatic heterocycles. The highest BCUT2D eigenvalue weighted by Gasteiger charge is 2.35. The molecule has 2 N–H and O–H groups in total. The predicted octanol–water partition coefficient (Wildman–Crippen LogP) is 5.09. The second kappa shape index (κ2) is 7.72. The van der Waals surface area contributed by atoms with Crippen LogP contribution in [0, 0.1) is 0 Å². The zero-order chi connectivity index (χ0) is 22.7. The third kappa shape index (κ3) is 2.89. The normalized spacial score (nSPS) is 15.1. The molecule has 33 heavy (non-hydrogen) atoms. The monoisotopic (exact) mass is 440 g/mol. The maximum atomic E-state index is 13.1. The summed E-state index contributed by atoms with van der Waals surface area (Å²) in [6.45, 7) is 6.19. The van der Waals surface area contributed by atoms with Gasteiger partial charge < -0.3 is 19.7 Å². The van der Waals surface area contributed by atoms with Crippen LogP contribution >= 0.6 is 0 Å². The topological polar surface area (TPSA) is 63.5 Å². The van der Waals surface area contributed by atoms with Crippen molar-refractivity contribution in [2.24, 2.45) is 0 Å². The number of nitrogens with zero attached hydrogens (tertiary/aromatic N) is 1. The van der Waals surface area contributed by atoms with Gasteiger partial charge in [-0.3, -0.25) is 4.79 Å². The first-order valence-corrected chi connectivity index (χ1v) is 11.9. The molecule has 2 heterocycles. The SMILES string of the molecule is CCO[C@H](C)c1ccc2c(c1)c1c3c(c4c(c1n2CCCO)Cc1ccccc1-4)C(=O)NC3. The number of carbonyl (C=O) groups is 1. The molecule has 3 aromatic carbocycles. The highest BCUT2D eigenvalue weighted by atomic mass is 16.5. The Morgan fingerprint density at radius 1 is 1.15 bits per heavy atom. The third-order valence-corrected chi connectivity index (χ3v) is 7.26. The van der Waals surface area contributed by atoms with E-state index in [9.17, 15) is 9.90 Å². The van der Waals surface area contributed by atoms with E-state index in [1.807, 2.05) is 6.92 Å². The van der Waals surface area contributed by atoms with Gasteiger partial charge in [-0.05, 0) is 60.2 Å². The van der Waals surface area contributed by atoms with Crippen LogP contribution in [0.15, 0.2) is 42.5 Å². The average molecular weight is 441 g/mol. The Hall–Kier alpha value is -3.15. The van der Waals surface area contributed by atoms with Crippen molar-refractivity contribution in [3.8, 4) is 11.1 Å². The molecule has 1 aliphatic carbocycles. The van der Waals surface area contributed by atoms with Gasteiger partial charge in [-0.15, -0.1) is 0 Å². The number of rotatable bonds is 6. The Bertz CT molecular complexity index is 1430. The van der Waals surface area contributed by atoms with Gasteiger partial charge in [-0.25, -0.2) is 0 Å². The molecule has 4 aromatic rings. The Labute approximate surface area is 193 Å². The minimum atomic E-state index is 0.00160. The van der Waals surface area contributed by atoms with Crippen LogP contribution in [-0.2, 0) is 24.2 Å². The number of carbonyl (C=O) groups excluding carboxylic acids is 1. The molecule has 0 spiro atoms. The predicted molar refractivity (Wildman–Crippen MR) is 131 cm³/mol. The number of aliphatic hydroxyl groups is 1. The van der Waals surface area contributed by atoms with Crippen molar-refractivity contribution in [2.75, 3.05) is 13.2 Å². The summed E-state index contributed by atoms with van der Waals surface area (Å²) in [5.41, 5.74) is 10.2. The van der Waals surface area contributed by atoms with Gasteiger partial charge >= 0.3 is 0 Å². The summed E-state index contributed by atoms with van der Waals surface area (Å²) in [5, 5.41) is 15.1. The first-order chi connectivity index (χ1) is 16.1. The Kier molecular flexibility index (Phi) is 4.78. The van der Waals surface area contributed by atoms with E-state index in [4.69, 9.17) is 4.74 Å². The Morgan fingerprint density at radius 2 is 2.00 bits per heavy atom. The van der Waals surface area contributed by atoms with Crippen molar-refractivity contribution < 1.29 is 14.6 Å². The molecule has 0 radical (unpaired) electrons. The average Bonchev–Trinajstić information content (AvgIpc) is 3.48. The molecule has 5 nitrogen and oxygen atoms in total. The molecule has 6 rings (SSSR count). The van der Waals surface area contributed by atoms with Gasteiger partial charge in [0.05, 0.1) is 17.2 Å². The van der Waals surface area contributed by atoms with Crippen molar-refractivity contribution in [3.63, 3.8) is 0 Å². The molecule has 1 amide bonds. The lowest BCUT2D eigenvalue weighted by Crippen LogP contribution is -2.13. The fraction of sp³-hybridized carbons (Fsp3) is 0.321. The quantitative estimate of drug-likeness (QED) is 0.387. The fourth-order valence-corrected chi connectivity index (χ4v) is 5.86. The summed E-state index contributed by atoms with van der Waals surface area (Å²) in [5.74, 6) is 0.0231. The first-order valence-electron chi connectivity index (χ1n) is 11.9. The van der Waals surface area contributed by atoms with Crippen molar-refractivity contribution in [1.29, 1.82) is 0 Å². The zero-order valence-electron chi connectivity index (χ0n) is 19.1. The number of aromatic nitrogens is 1. The fourth-order valence-electron chi connectivity index (χ4n) is 5.86.